The highest BCUT2D eigenvalue weighted by molar-refractivity contribution is 7.17. The number of rotatable bonds is 5. The van der Waals surface area contributed by atoms with Gasteiger partial charge in [0.25, 0.3) is 5.91 Å². The Hall–Kier alpha value is -2.58. The summed E-state index contributed by atoms with van der Waals surface area (Å²) in [5.74, 6) is -0.317. The number of para-hydroxylation sites is 2. The minimum Gasteiger partial charge on any atom is -0.506 e. The predicted molar refractivity (Wildman–Crippen MR) is 110 cm³/mol. The van der Waals surface area contributed by atoms with Gasteiger partial charge in [-0.15, -0.1) is 11.3 Å². The van der Waals surface area contributed by atoms with Gasteiger partial charge in [-0.1, -0.05) is 12.1 Å². The number of carbonyl (C=O) groups excluding carboxylic acids is 2. The maximum absolute atomic E-state index is 12.5. The molecule has 1 aliphatic heterocycles. The smallest absolute Gasteiger partial charge is 0.251 e. The Labute approximate surface area is 167 Å². The van der Waals surface area contributed by atoms with E-state index in [2.05, 4.69) is 15.1 Å². The lowest BCUT2D eigenvalue weighted by molar-refractivity contribution is -0.117. The molecule has 0 bridgehead atoms. The molecule has 4 rings (SSSR count). The molecule has 0 radical (unpaired) electrons. The van der Waals surface area contributed by atoms with Crippen molar-refractivity contribution in [1.82, 2.24) is 4.90 Å². The predicted octanol–water partition coefficient (Wildman–Crippen LogP) is 1.80. The molecule has 28 heavy (non-hydrogen) atoms. The van der Waals surface area contributed by atoms with Gasteiger partial charge < -0.3 is 21.1 Å². The van der Waals surface area contributed by atoms with Crippen LogP contribution in [0.25, 0.3) is 0 Å². The summed E-state index contributed by atoms with van der Waals surface area (Å²) in [5, 5.41) is 13.5. The van der Waals surface area contributed by atoms with Crippen molar-refractivity contribution in [3.8, 4) is 5.75 Å². The van der Waals surface area contributed by atoms with Crippen molar-refractivity contribution in [2.45, 2.75) is 19.3 Å². The second kappa shape index (κ2) is 7.81. The van der Waals surface area contributed by atoms with Gasteiger partial charge in [-0.05, 0) is 37.0 Å². The van der Waals surface area contributed by atoms with Gasteiger partial charge in [0, 0.05) is 31.1 Å². The maximum Gasteiger partial charge on any atom is 0.251 e. The summed E-state index contributed by atoms with van der Waals surface area (Å²) in [4.78, 5) is 29.8. The molecule has 2 heterocycles. The second-order valence-corrected chi connectivity index (χ2v) is 8.33. The number of hydrogen-bond acceptors (Lipinski definition) is 6. The number of anilines is 2. The van der Waals surface area contributed by atoms with Gasteiger partial charge >= 0.3 is 0 Å². The number of primary amides is 1. The van der Waals surface area contributed by atoms with Crippen molar-refractivity contribution in [1.29, 1.82) is 0 Å². The molecule has 8 heteroatoms. The molecule has 2 amide bonds. The van der Waals surface area contributed by atoms with Crippen LogP contribution < -0.4 is 16.0 Å². The van der Waals surface area contributed by atoms with Crippen LogP contribution in [0.4, 0.5) is 10.7 Å². The lowest BCUT2D eigenvalue weighted by Crippen LogP contribution is -2.48. The first kappa shape index (κ1) is 18.8. The number of aryl methyl sites for hydroxylation is 1. The fourth-order valence-electron chi connectivity index (χ4n) is 4.00. The zero-order valence-corrected chi connectivity index (χ0v) is 16.4. The van der Waals surface area contributed by atoms with Crippen molar-refractivity contribution in [3.05, 3.63) is 40.3 Å². The molecule has 0 spiro atoms. The molecular weight excluding hydrogens is 376 g/mol. The topological polar surface area (TPSA) is 98.9 Å². The average molecular weight is 401 g/mol. The lowest BCUT2D eigenvalue weighted by Gasteiger charge is -2.35. The monoisotopic (exact) mass is 400 g/mol. The Kier molecular flexibility index (Phi) is 5.23. The minimum absolute atomic E-state index is 0.126. The second-order valence-electron chi connectivity index (χ2n) is 7.23. The van der Waals surface area contributed by atoms with Gasteiger partial charge in [0.05, 0.1) is 17.8 Å². The van der Waals surface area contributed by atoms with Crippen LogP contribution in [0.5, 0.6) is 5.75 Å². The molecule has 2 aromatic rings. The summed E-state index contributed by atoms with van der Waals surface area (Å²) >= 11 is 1.48. The fraction of sp³-hybridized carbons (Fsp3) is 0.400. The number of thiophene rings is 1. The number of phenols is 1. The molecule has 148 valence electrons. The van der Waals surface area contributed by atoms with Gasteiger partial charge in [0.15, 0.2) is 0 Å². The average Bonchev–Trinajstić information content (AvgIpc) is 3.23. The van der Waals surface area contributed by atoms with Gasteiger partial charge in [-0.2, -0.15) is 0 Å². The number of nitrogens with one attached hydrogen (secondary N) is 1. The number of phenolic OH excluding ortho intramolecular Hbond substituents is 1. The van der Waals surface area contributed by atoms with Crippen LogP contribution in [-0.4, -0.2) is 54.5 Å². The van der Waals surface area contributed by atoms with Crippen LogP contribution in [0.15, 0.2) is 24.3 Å². The number of aromatic hydroxyl groups is 1. The van der Waals surface area contributed by atoms with E-state index in [9.17, 15) is 14.7 Å². The fourth-order valence-corrected chi connectivity index (χ4v) is 5.31. The Bertz CT molecular complexity index is 903. The van der Waals surface area contributed by atoms with E-state index in [1.54, 1.807) is 12.1 Å². The van der Waals surface area contributed by atoms with E-state index in [4.69, 9.17) is 5.73 Å². The molecule has 0 saturated carbocycles. The highest BCUT2D eigenvalue weighted by Gasteiger charge is 2.27. The molecule has 4 N–H and O–H groups in total. The molecule has 7 nitrogen and oxygen atoms in total. The van der Waals surface area contributed by atoms with E-state index in [1.165, 1.54) is 16.2 Å². The third-order valence-electron chi connectivity index (χ3n) is 5.38. The van der Waals surface area contributed by atoms with E-state index in [-0.39, 0.29) is 18.2 Å². The quantitative estimate of drug-likeness (QED) is 0.711. The third kappa shape index (κ3) is 3.70. The van der Waals surface area contributed by atoms with Crippen LogP contribution >= 0.6 is 11.3 Å². The number of hydrogen-bond donors (Lipinski definition) is 3. The van der Waals surface area contributed by atoms with E-state index in [0.29, 0.717) is 10.6 Å². The first-order valence-corrected chi connectivity index (χ1v) is 10.3. The van der Waals surface area contributed by atoms with Crippen molar-refractivity contribution >= 4 is 33.8 Å². The van der Waals surface area contributed by atoms with Crippen LogP contribution in [-0.2, 0) is 17.6 Å². The van der Waals surface area contributed by atoms with E-state index in [1.807, 2.05) is 12.1 Å². The molecule has 1 fully saturated rings. The molecule has 0 unspecified atom stereocenters. The summed E-state index contributed by atoms with van der Waals surface area (Å²) in [5.41, 5.74) is 7.89. The van der Waals surface area contributed by atoms with E-state index < -0.39 is 5.91 Å². The first-order valence-electron chi connectivity index (χ1n) is 9.52. The van der Waals surface area contributed by atoms with Crippen molar-refractivity contribution in [2.75, 3.05) is 42.9 Å². The van der Waals surface area contributed by atoms with Gasteiger partial charge in [-0.25, -0.2) is 0 Å². The van der Waals surface area contributed by atoms with Crippen molar-refractivity contribution in [2.24, 2.45) is 5.73 Å². The lowest BCUT2D eigenvalue weighted by atomic mass is 10.1. The SMILES string of the molecule is NC(=O)c1c(NC(=O)CN2CCN(c3ccccc3O)CC2)sc2c1CCC2. The third-order valence-corrected chi connectivity index (χ3v) is 6.59. The summed E-state index contributed by atoms with van der Waals surface area (Å²) in [7, 11) is 0. The Balaban J connectivity index is 1.35. The number of piperazine rings is 1. The molecular formula is C20H24N4O3S. The van der Waals surface area contributed by atoms with Crippen molar-refractivity contribution < 1.29 is 14.7 Å². The molecule has 1 aromatic heterocycles. The van der Waals surface area contributed by atoms with E-state index >= 15 is 0 Å². The summed E-state index contributed by atoms with van der Waals surface area (Å²) in [6, 6.07) is 7.30. The number of amides is 2. The number of nitrogens with two attached hydrogens (primary N) is 1. The minimum atomic E-state index is -0.467. The number of fused-ring (bicyclic) bond motifs is 1. The summed E-state index contributed by atoms with van der Waals surface area (Å²) in [6.45, 7) is 3.21. The van der Waals surface area contributed by atoms with Crippen LogP contribution in [0.1, 0.15) is 27.2 Å². The number of nitrogens with zero attached hydrogens (tertiary/aromatic N) is 2. The molecule has 0 atom stereocenters. The maximum atomic E-state index is 12.5. The van der Waals surface area contributed by atoms with Crippen LogP contribution in [0.2, 0.25) is 0 Å². The van der Waals surface area contributed by atoms with Crippen molar-refractivity contribution in [3.63, 3.8) is 0 Å². The molecule has 1 aromatic carbocycles. The Morgan fingerprint density at radius 3 is 2.61 bits per heavy atom. The normalized spacial score (nSPS) is 16.8. The molecule has 1 aliphatic carbocycles. The largest absolute Gasteiger partial charge is 0.506 e. The highest BCUT2D eigenvalue weighted by atomic mass is 32.1. The van der Waals surface area contributed by atoms with Crippen LogP contribution in [0, 0.1) is 0 Å². The van der Waals surface area contributed by atoms with Gasteiger partial charge in [-0.3, -0.25) is 14.5 Å². The zero-order valence-electron chi connectivity index (χ0n) is 15.6. The Morgan fingerprint density at radius 2 is 1.89 bits per heavy atom. The van der Waals surface area contributed by atoms with Gasteiger partial charge in [0.2, 0.25) is 5.91 Å². The molecule has 2 aliphatic rings. The van der Waals surface area contributed by atoms with E-state index in [0.717, 1.165) is 56.7 Å². The highest BCUT2D eigenvalue weighted by Crippen LogP contribution is 2.38. The summed E-state index contributed by atoms with van der Waals surface area (Å²) in [6.07, 6.45) is 2.84. The number of carbonyl (C=O) groups is 2. The number of benzene rings is 1. The zero-order chi connectivity index (χ0) is 19.7. The molecule has 1 saturated heterocycles. The Morgan fingerprint density at radius 1 is 1.14 bits per heavy atom. The summed E-state index contributed by atoms with van der Waals surface area (Å²) < 4.78 is 0. The standard InChI is InChI=1S/C20H24N4O3S/c21-19(27)18-13-4-3-7-16(13)28-20(18)22-17(26)12-23-8-10-24(11-9-23)14-5-1-2-6-15(14)25/h1-2,5-6,25H,3-4,7-12H2,(H2,21,27)(H,22,26). The van der Waals surface area contributed by atoms with Gasteiger partial charge in [0.1, 0.15) is 10.8 Å². The van der Waals surface area contributed by atoms with Crippen LogP contribution in [0.3, 0.4) is 0 Å². The first-order chi connectivity index (χ1) is 13.5.